The number of nitrogens with two attached hydrogens (primary N) is 1. The number of fused-ring (bicyclic) bond motifs is 1. The van der Waals surface area contributed by atoms with Gasteiger partial charge in [-0.15, -0.1) is 0 Å². The Labute approximate surface area is 158 Å². The number of hydrogen-bond acceptors (Lipinski definition) is 4. The first-order chi connectivity index (χ1) is 12.6. The third-order valence-corrected chi connectivity index (χ3v) is 7.32. The molecular formula is C18H29N4O3S+. The van der Waals surface area contributed by atoms with E-state index in [1.807, 2.05) is 0 Å². The first-order valence-electron chi connectivity index (χ1n) is 9.94. The van der Waals surface area contributed by atoms with E-state index >= 15 is 0 Å². The first-order valence-corrected chi connectivity index (χ1v) is 11.1. The van der Waals surface area contributed by atoms with Crippen LogP contribution in [0.2, 0.25) is 0 Å². The molecule has 144 valence electrons. The molecular weight excluding hydrogens is 352 g/mol. The van der Waals surface area contributed by atoms with Gasteiger partial charge in [0.25, 0.3) is 5.91 Å². The fourth-order valence-corrected chi connectivity index (χ4v) is 5.81. The Morgan fingerprint density at radius 2 is 2.00 bits per heavy atom. The summed E-state index contributed by atoms with van der Waals surface area (Å²) < 4.78 is 0. The predicted molar refractivity (Wildman–Crippen MR) is 98.2 cm³/mol. The summed E-state index contributed by atoms with van der Waals surface area (Å²) in [5, 5.41) is 5.02. The molecule has 26 heavy (non-hydrogen) atoms. The number of nitrogens with one attached hydrogen (secondary N) is 1. The topological polar surface area (TPSA) is 86.3 Å². The van der Waals surface area contributed by atoms with Gasteiger partial charge in [-0.2, -0.15) is 0 Å². The molecule has 3 atom stereocenters. The van der Waals surface area contributed by atoms with E-state index in [1.54, 1.807) is 21.6 Å². The second-order valence-electron chi connectivity index (χ2n) is 8.01. The molecule has 3 saturated heterocycles. The molecule has 0 aromatic rings. The summed E-state index contributed by atoms with van der Waals surface area (Å²) in [5.74, 6) is 2.37. The molecule has 1 aliphatic carbocycles. The van der Waals surface area contributed by atoms with Crippen LogP contribution in [0.25, 0.3) is 0 Å². The quantitative estimate of drug-likeness (QED) is 0.666. The summed E-state index contributed by atoms with van der Waals surface area (Å²) in [6.45, 7) is 1.35. The molecule has 0 aromatic heterocycles. The first kappa shape index (κ1) is 18.1. The van der Waals surface area contributed by atoms with Crippen LogP contribution in [0.5, 0.6) is 0 Å². The number of carbonyl (C=O) groups is 3. The van der Waals surface area contributed by atoms with Crippen molar-refractivity contribution in [1.82, 2.24) is 15.1 Å². The largest absolute Gasteiger partial charge is 0.342 e. The van der Waals surface area contributed by atoms with E-state index in [0.29, 0.717) is 25.6 Å². The second kappa shape index (κ2) is 7.76. The molecule has 1 saturated carbocycles. The number of carbonyl (C=O) groups excluding carboxylic acids is 3. The molecule has 7 nitrogen and oxygen atoms in total. The number of piperazine rings is 2. The standard InChI is InChI=1S/C18H28N4O3S/c23-16-15-9-21(17(24)14-10-26-11-19-14)6-7-22(15)18(25)13(20-16)8-12-4-2-1-3-5-12/h12-15,19H,1-11H2,(H,20,23)/p+1/t13-,14-,15+/m0/s1. The van der Waals surface area contributed by atoms with Crippen molar-refractivity contribution in [3.63, 3.8) is 0 Å². The molecule has 3 aliphatic heterocycles. The Kier molecular flexibility index (Phi) is 5.40. The summed E-state index contributed by atoms with van der Waals surface area (Å²) in [4.78, 5) is 41.7. The Hall–Kier alpha value is -1.28. The van der Waals surface area contributed by atoms with Gasteiger partial charge in [-0.3, -0.25) is 14.4 Å². The minimum atomic E-state index is -0.517. The smallest absolute Gasteiger partial charge is 0.281 e. The minimum absolute atomic E-state index is 0.0343. The lowest BCUT2D eigenvalue weighted by Gasteiger charge is -2.46. The van der Waals surface area contributed by atoms with E-state index in [1.165, 1.54) is 32.1 Å². The molecule has 0 bridgehead atoms. The highest BCUT2D eigenvalue weighted by Crippen LogP contribution is 2.29. The average molecular weight is 382 g/mol. The summed E-state index contributed by atoms with van der Waals surface area (Å²) in [7, 11) is 0. The van der Waals surface area contributed by atoms with Crippen LogP contribution in [0.3, 0.4) is 0 Å². The van der Waals surface area contributed by atoms with Gasteiger partial charge in [-0.25, -0.2) is 0 Å². The summed E-state index contributed by atoms with van der Waals surface area (Å²) in [6, 6.07) is -0.923. The molecule has 4 rings (SSSR count). The van der Waals surface area contributed by atoms with Crippen LogP contribution in [-0.4, -0.2) is 76.9 Å². The lowest BCUT2D eigenvalue weighted by Crippen LogP contribution is -2.90. The van der Waals surface area contributed by atoms with Crippen LogP contribution in [0.4, 0.5) is 0 Å². The molecule has 8 heteroatoms. The van der Waals surface area contributed by atoms with Gasteiger partial charge in [0.15, 0.2) is 6.04 Å². The molecule has 3 heterocycles. The van der Waals surface area contributed by atoms with Gasteiger partial charge in [-0.1, -0.05) is 43.9 Å². The highest BCUT2D eigenvalue weighted by atomic mass is 32.2. The number of nitrogens with zero attached hydrogens (tertiary/aromatic N) is 2. The lowest BCUT2D eigenvalue weighted by molar-refractivity contribution is -0.649. The van der Waals surface area contributed by atoms with E-state index in [0.717, 1.165) is 18.1 Å². The lowest BCUT2D eigenvalue weighted by atomic mass is 9.84. The van der Waals surface area contributed by atoms with Crippen molar-refractivity contribution in [3.05, 3.63) is 0 Å². The highest BCUT2D eigenvalue weighted by Gasteiger charge is 2.46. The normalized spacial score (nSPS) is 33.2. The average Bonchev–Trinajstić information content (AvgIpc) is 3.20. The summed E-state index contributed by atoms with van der Waals surface area (Å²) >= 11 is 1.77. The Morgan fingerprint density at radius 1 is 1.19 bits per heavy atom. The zero-order valence-electron chi connectivity index (χ0n) is 15.2. The summed E-state index contributed by atoms with van der Waals surface area (Å²) in [5.41, 5.74) is 0. The van der Waals surface area contributed by atoms with Crippen LogP contribution >= 0.6 is 11.8 Å². The van der Waals surface area contributed by atoms with Gasteiger partial charge in [0, 0.05) is 13.1 Å². The minimum Gasteiger partial charge on any atom is -0.342 e. The summed E-state index contributed by atoms with van der Waals surface area (Å²) in [6.07, 6.45) is 6.86. The van der Waals surface area contributed by atoms with Crippen molar-refractivity contribution in [2.24, 2.45) is 5.92 Å². The molecule has 3 amide bonds. The Balaban J connectivity index is 1.38. The van der Waals surface area contributed by atoms with Crippen LogP contribution < -0.4 is 10.6 Å². The van der Waals surface area contributed by atoms with Crippen molar-refractivity contribution in [1.29, 1.82) is 0 Å². The molecule has 0 aromatic carbocycles. The van der Waals surface area contributed by atoms with E-state index in [9.17, 15) is 14.4 Å². The van der Waals surface area contributed by atoms with Gasteiger partial charge in [0.2, 0.25) is 11.8 Å². The molecule has 4 fully saturated rings. The van der Waals surface area contributed by atoms with Crippen LogP contribution in [-0.2, 0) is 14.4 Å². The fraction of sp³-hybridized carbons (Fsp3) is 0.833. The van der Waals surface area contributed by atoms with E-state index in [-0.39, 0.29) is 29.8 Å². The van der Waals surface area contributed by atoms with Crippen LogP contribution in [0, 0.1) is 5.92 Å². The number of rotatable bonds is 3. The molecule has 0 unspecified atom stereocenters. The third kappa shape index (κ3) is 3.58. The van der Waals surface area contributed by atoms with Crippen molar-refractivity contribution in [2.75, 3.05) is 31.3 Å². The SMILES string of the molecule is O=C1N[C@@H](CC2CCCCC2)C(=O)N2CCN(C(=O)[C@@H]3CSC[NH2+]3)C[C@H]12. The van der Waals surface area contributed by atoms with Crippen molar-refractivity contribution in [3.8, 4) is 0 Å². The molecule has 0 spiro atoms. The maximum atomic E-state index is 12.9. The predicted octanol–water partition coefficient (Wildman–Crippen LogP) is -0.869. The number of hydrogen-bond donors (Lipinski definition) is 2. The third-order valence-electron chi connectivity index (χ3n) is 6.30. The molecule has 4 aliphatic rings. The van der Waals surface area contributed by atoms with Gasteiger partial charge >= 0.3 is 0 Å². The van der Waals surface area contributed by atoms with E-state index < -0.39 is 6.04 Å². The van der Waals surface area contributed by atoms with Crippen molar-refractivity contribution in [2.45, 2.75) is 56.7 Å². The zero-order chi connectivity index (χ0) is 18.1. The van der Waals surface area contributed by atoms with Gasteiger partial charge < -0.3 is 20.4 Å². The number of quaternary nitrogens is 1. The van der Waals surface area contributed by atoms with Crippen molar-refractivity contribution < 1.29 is 19.7 Å². The number of amides is 3. The maximum absolute atomic E-state index is 12.9. The van der Waals surface area contributed by atoms with Crippen LogP contribution in [0.15, 0.2) is 0 Å². The highest BCUT2D eigenvalue weighted by molar-refractivity contribution is 7.99. The van der Waals surface area contributed by atoms with E-state index in [4.69, 9.17) is 0 Å². The van der Waals surface area contributed by atoms with Gasteiger partial charge in [0.1, 0.15) is 18.0 Å². The molecule has 0 radical (unpaired) electrons. The Bertz CT molecular complexity index is 575. The van der Waals surface area contributed by atoms with Crippen LogP contribution in [0.1, 0.15) is 38.5 Å². The Morgan fingerprint density at radius 3 is 2.73 bits per heavy atom. The molecule has 3 N–H and O–H groups in total. The monoisotopic (exact) mass is 381 g/mol. The second-order valence-corrected chi connectivity index (χ2v) is 9.09. The zero-order valence-corrected chi connectivity index (χ0v) is 16.0. The van der Waals surface area contributed by atoms with Crippen molar-refractivity contribution >= 4 is 29.5 Å². The van der Waals surface area contributed by atoms with Gasteiger partial charge in [0.05, 0.1) is 12.3 Å². The maximum Gasteiger partial charge on any atom is 0.281 e. The van der Waals surface area contributed by atoms with E-state index in [2.05, 4.69) is 10.6 Å². The van der Waals surface area contributed by atoms with Gasteiger partial charge in [-0.05, 0) is 12.3 Å². The fourth-order valence-electron chi connectivity index (χ4n) is 4.77. The number of thioether (sulfide) groups is 1.